The van der Waals surface area contributed by atoms with Gasteiger partial charge in [0.2, 0.25) is 0 Å². The van der Waals surface area contributed by atoms with Gasteiger partial charge in [0.15, 0.2) is 0 Å². The quantitative estimate of drug-likeness (QED) is 0.816. The van der Waals surface area contributed by atoms with Gasteiger partial charge in [-0.1, -0.05) is 48.5 Å². The maximum atomic E-state index is 5.75. The molecule has 0 N–H and O–H groups in total. The van der Waals surface area contributed by atoms with Gasteiger partial charge in [-0.3, -0.25) is 4.90 Å². The molecule has 3 rings (SSSR count). The minimum absolute atomic E-state index is 0.698. The van der Waals surface area contributed by atoms with E-state index in [9.17, 15) is 0 Å². The second-order valence-corrected chi connectivity index (χ2v) is 4.67. The highest BCUT2D eigenvalue weighted by Crippen LogP contribution is 2.24. The second kappa shape index (κ2) is 5.23. The molecule has 1 aliphatic rings. The number of para-hydroxylation sites is 1. The first-order valence-corrected chi connectivity index (χ1v) is 6.39. The molecule has 2 aromatic rings. The predicted octanol–water partition coefficient (Wildman–Crippen LogP) is 3.08. The molecule has 0 fully saturated rings. The number of hydrogen-bond acceptors (Lipinski definition) is 2. The van der Waals surface area contributed by atoms with Crippen molar-refractivity contribution in [2.45, 2.75) is 13.0 Å². The second-order valence-electron chi connectivity index (χ2n) is 4.67. The van der Waals surface area contributed by atoms with Gasteiger partial charge in [-0.15, -0.1) is 0 Å². The van der Waals surface area contributed by atoms with Gasteiger partial charge in [-0.05, 0) is 18.1 Å². The third-order valence-corrected chi connectivity index (χ3v) is 3.33. The van der Waals surface area contributed by atoms with Crippen LogP contribution in [0.25, 0.3) is 0 Å². The number of ether oxygens (including phenoxy) is 1. The van der Waals surface area contributed by atoms with E-state index in [1.807, 2.05) is 12.1 Å². The first-order chi connectivity index (χ1) is 8.92. The van der Waals surface area contributed by atoms with Crippen molar-refractivity contribution < 1.29 is 4.74 Å². The lowest BCUT2D eigenvalue weighted by Gasteiger charge is -2.28. The van der Waals surface area contributed by atoms with Gasteiger partial charge in [0, 0.05) is 18.7 Å². The van der Waals surface area contributed by atoms with Crippen LogP contribution in [0.4, 0.5) is 0 Å². The maximum Gasteiger partial charge on any atom is 0.142 e. The topological polar surface area (TPSA) is 12.5 Å². The van der Waals surface area contributed by atoms with Crippen molar-refractivity contribution in [1.29, 1.82) is 0 Å². The summed E-state index contributed by atoms with van der Waals surface area (Å²) >= 11 is 0. The smallest absolute Gasteiger partial charge is 0.142 e. The van der Waals surface area contributed by atoms with E-state index in [0.29, 0.717) is 6.73 Å². The Morgan fingerprint density at radius 3 is 2.61 bits per heavy atom. The molecule has 92 valence electrons. The number of rotatable bonds is 3. The summed E-state index contributed by atoms with van der Waals surface area (Å²) < 4.78 is 5.75. The van der Waals surface area contributed by atoms with Crippen LogP contribution in [0.1, 0.15) is 11.1 Å². The minimum atomic E-state index is 0.698. The Kier molecular flexibility index (Phi) is 3.29. The Bertz CT molecular complexity index is 510. The summed E-state index contributed by atoms with van der Waals surface area (Å²) in [4.78, 5) is 2.34. The normalized spacial score (nSPS) is 14.9. The highest BCUT2D eigenvalue weighted by Gasteiger charge is 2.15. The largest absolute Gasteiger partial charge is 0.478 e. The molecule has 0 spiro atoms. The Balaban J connectivity index is 1.60. The van der Waals surface area contributed by atoms with E-state index in [-0.39, 0.29) is 0 Å². The van der Waals surface area contributed by atoms with Crippen LogP contribution in [-0.2, 0) is 13.0 Å². The van der Waals surface area contributed by atoms with Crippen LogP contribution in [0, 0.1) is 0 Å². The predicted molar refractivity (Wildman–Crippen MR) is 72.5 cm³/mol. The molecule has 2 heteroatoms. The fourth-order valence-electron chi connectivity index (χ4n) is 2.30. The van der Waals surface area contributed by atoms with E-state index in [1.165, 1.54) is 11.1 Å². The minimum Gasteiger partial charge on any atom is -0.478 e. The van der Waals surface area contributed by atoms with E-state index in [4.69, 9.17) is 4.74 Å². The summed E-state index contributed by atoms with van der Waals surface area (Å²) in [6.07, 6.45) is 1.08. The summed E-state index contributed by atoms with van der Waals surface area (Å²) in [7, 11) is 0. The van der Waals surface area contributed by atoms with Gasteiger partial charge >= 0.3 is 0 Å². The van der Waals surface area contributed by atoms with Gasteiger partial charge in [-0.25, -0.2) is 0 Å². The number of fused-ring (bicyclic) bond motifs is 1. The SMILES string of the molecule is c1ccc(CCN2COc3ccccc3C2)cc1. The molecule has 0 radical (unpaired) electrons. The lowest BCUT2D eigenvalue weighted by Crippen LogP contribution is -2.33. The number of nitrogens with zero attached hydrogens (tertiary/aromatic N) is 1. The lowest BCUT2D eigenvalue weighted by molar-refractivity contribution is 0.0965. The zero-order valence-electron chi connectivity index (χ0n) is 10.4. The highest BCUT2D eigenvalue weighted by atomic mass is 16.5. The zero-order chi connectivity index (χ0) is 12.2. The van der Waals surface area contributed by atoms with Gasteiger partial charge in [-0.2, -0.15) is 0 Å². The molecule has 1 aliphatic heterocycles. The average Bonchev–Trinajstić information content (AvgIpc) is 2.46. The lowest BCUT2D eigenvalue weighted by atomic mass is 10.1. The molecule has 1 heterocycles. The average molecular weight is 239 g/mol. The highest BCUT2D eigenvalue weighted by molar-refractivity contribution is 5.34. The molecular weight excluding hydrogens is 222 g/mol. The van der Waals surface area contributed by atoms with E-state index in [0.717, 1.165) is 25.3 Å². The summed E-state index contributed by atoms with van der Waals surface area (Å²) in [6, 6.07) is 18.9. The van der Waals surface area contributed by atoms with Crippen molar-refractivity contribution in [2.75, 3.05) is 13.3 Å². The van der Waals surface area contributed by atoms with Crippen LogP contribution < -0.4 is 4.74 Å². The standard InChI is InChI=1S/C16H17NO/c1-2-6-14(7-3-1)10-11-17-12-15-8-4-5-9-16(15)18-13-17/h1-9H,10-13H2. The van der Waals surface area contributed by atoms with Crippen molar-refractivity contribution >= 4 is 0 Å². The molecule has 2 aromatic carbocycles. The van der Waals surface area contributed by atoms with E-state index in [2.05, 4.69) is 47.4 Å². The van der Waals surface area contributed by atoms with Crippen LogP contribution in [0.2, 0.25) is 0 Å². The van der Waals surface area contributed by atoms with Gasteiger partial charge in [0.1, 0.15) is 12.5 Å². The van der Waals surface area contributed by atoms with Crippen LogP contribution >= 0.6 is 0 Å². The van der Waals surface area contributed by atoms with Crippen molar-refractivity contribution in [3.63, 3.8) is 0 Å². The summed E-state index contributed by atoms with van der Waals surface area (Å²) in [5, 5.41) is 0. The van der Waals surface area contributed by atoms with E-state index < -0.39 is 0 Å². The van der Waals surface area contributed by atoms with Gasteiger partial charge in [0.25, 0.3) is 0 Å². The van der Waals surface area contributed by atoms with Crippen molar-refractivity contribution in [3.8, 4) is 5.75 Å². The molecule has 18 heavy (non-hydrogen) atoms. The molecule has 2 nitrogen and oxygen atoms in total. The van der Waals surface area contributed by atoms with Crippen LogP contribution in [-0.4, -0.2) is 18.2 Å². The van der Waals surface area contributed by atoms with Crippen molar-refractivity contribution in [2.24, 2.45) is 0 Å². The van der Waals surface area contributed by atoms with Gasteiger partial charge < -0.3 is 4.74 Å². The third-order valence-electron chi connectivity index (χ3n) is 3.33. The molecule has 0 saturated carbocycles. The Morgan fingerprint density at radius 2 is 1.72 bits per heavy atom. The first kappa shape index (κ1) is 11.3. The van der Waals surface area contributed by atoms with Crippen LogP contribution in [0.3, 0.4) is 0 Å². The number of benzene rings is 2. The van der Waals surface area contributed by atoms with Crippen LogP contribution in [0.15, 0.2) is 54.6 Å². The van der Waals surface area contributed by atoms with Crippen molar-refractivity contribution in [3.05, 3.63) is 65.7 Å². The van der Waals surface area contributed by atoms with E-state index >= 15 is 0 Å². The molecule has 0 unspecified atom stereocenters. The molecule has 0 saturated heterocycles. The number of hydrogen-bond donors (Lipinski definition) is 0. The molecule has 0 bridgehead atoms. The third kappa shape index (κ3) is 2.54. The molecule has 0 amide bonds. The summed E-state index contributed by atoms with van der Waals surface area (Å²) in [5.74, 6) is 1.04. The molecule has 0 atom stereocenters. The zero-order valence-corrected chi connectivity index (χ0v) is 10.4. The van der Waals surface area contributed by atoms with Gasteiger partial charge in [0.05, 0.1) is 0 Å². The molecular formula is C16H17NO. The Hall–Kier alpha value is -1.80. The Labute approximate surface area is 108 Å². The van der Waals surface area contributed by atoms with Crippen molar-refractivity contribution in [1.82, 2.24) is 4.90 Å². The Morgan fingerprint density at radius 1 is 0.944 bits per heavy atom. The first-order valence-electron chi connectivity index (χ1n) is 6.39. The monoisotopic (exact) mass is 239 g/mol. The molecule has 0 aliphatic carbocycles. The van der Waals surface area contributed by atoms with E-state index in [1.54, 1.807) is 0 Å². The van der Waals surface area contributed by atoms with Crippen LogP contribution in [0.5, 0.6) is 5.75 Å². The fourth-order valence-corrected chi connectivity index (χ4v) is 2.30. The maximum absolute atomic E-state index is 5.75. The fraction of sp³-hybridized carbons (Fsp3) is 0.250. The summed E-state index contributed by atoms with van der Waals surface area (Å²) in [5.41, 5.74) is 2.67. The molecule has 0 aromatic heterocycles. The summed E-state index contributed by atoms with van der Waals surface area (Å²) in [6.45, 7) is 2.73.